The van der Waals surface area contributed by atoms with Gasteiger partial charge in [-0.3, -0.25) is 0 Å². The Morgan fingerprint density at radius 3 is 2.79 bits per heavy atom. The summed E-state index contributed by atoms with van der Waals surface area (Å²) >= 11 is 2.18. The van der Waals surface area contributed by atoms with E-state index in [9.17, 15) is 0 Å². The minimum absolute atomic E-state index is 0.799. The van der Waals surface area contributed by atoms with Crippen molar-refractivity contribution in [3.63, 3.8) is 0 Å². The van der Waals surface area contributed by atoms with Crippen molar-refractivity contribution in [3.05, 3.63) is 0 Å². The van der Waals surface area contributed by atoms with Gasteiger partial charge in [0.05, 0.1) is 0 Å². The smallest absolute Gasteiger partial charge is 0.00898 e. The highest BCUT2D eigenvalue weighted by molar-refractivity contribution is 7.99. The monoisotopic (exact) mass is 215 g/mol. The fourth-order valence-corrected chi connectivity index (χ4v) is 3.99. The average molecular weight is 215 g/mol. The van der Waals surface area contributed by atoms with Gasteiger partial charge in [-0.25, -0.2) is 0 Å². The van der Waals surface area contributed by atoms with Crippen molar-refractivity contribution in [2.75, 3.05) is 12.3 Å². The zero-order valence-corrected chi connectivity index (χ0v) is 10.5. The van der Waals surface area contributed by atoms with E-state index in [-0.39, 0.29) is 0 Å². The molecule has 14 heavy (non-hydrogen) atoms. The first-order chi connectivity index (χ1) is 6.77. The van der Waals surface area contributed by atoms with Crippen LogP contribution in [-0.2, 0) is 0 Å². The van der Waals surface area contributed by atoms with Gasteiger partial charge < -0.3 is 5.73 Å². The molecule has 84 valence electrons. The molecule has 0 saturated heterocycles. The summed E-state index contributed by atoms with van der Waals surface area (Å²) in [5.41, 5.74) is 5.83. The molecular formula is C12H25NS. The van der Waals surface area contributed by atoms with Crippen molar-refractivity contribution in [1.29, 1.82) is 0 Å². The Morgan fingerprint density at radius 1 is 1.36 bits per heavy atom. The minimum Gasteiger partial charge on any atom is -0.330 e. The number of unbranched alkanes of at least 4 members (excludes halogenated alkanes) is 1. The molecular weight excluding hydrogens is 190 g/mol. The lowest BCUT2D eigenvalue weighted by Crippen LogP contribution is -2.31. The first-order valence-electron chi connectivity index (χ1n) is 6.09. The van der Waals surface area contributed by atoms with Gasteiger partial charge in [-0.05, 0) is 43.4 Å². The fraction of sp³-hybridized carbons (Fsp3) is 1.00. The van der Waals surface area contributed by atoms with Crippen molar-refractivity contribution >= 4 is 11.8 Å². The summed E-state index contributed by atoms with van der Waals surface area (Å²) in [5, 5.41) is 0.857. The molecule has 0 spiro atoms. The van der Waals surface area contributed by atoms with Gasteiger partial charge in [0.1, 0.15) is 0 Å². The van der Waals surface area contributed by atoms with E-state index < -0.39 is 0 Å². The van der Waals surface area contributed by atoms with E-state index in [0.717, 1.165) is 23.6 Å². The van der Waals surface area contributed by atoms with Crippen LogP contribution in [0.1, 0.15) is 46.0 Å². The van der Waals surface area contributed by atoms with Crippen molar-refractivity contribution in [3.8, 4) is 0 Å². The second kappa shape index (κ2) is 6.73. The lowest BCUT2D eigenvalue weighted by molar-refractivity contribution is 0.306. The van der Waals surface area contributed by atoms with Crippen LogP contribution in [0.3, 0.4) is 0 Å². The van der Waals surface area contributed by atoms with Crippen molar-refractivity contribution < 1.29 is 0 Å². The molecule has 3 unspecified atom stereocenters. The second-order valence-electron chi connectivity index (χ2n) is 4.68. The maximum atomic E-state index is 5.83. The third kappa shape index (κ3) is 3.82. The summed E-state index contributed by atoms with van der Waals surface area (Å²) in [4.78, 5) is 0. The lowest BCUT2D eigenvalue weighted by atomic mass is 9.82. The third-order valence-corrected chi connectivity index (χ3v) is 4.85. The van der Waals surface area contributed by atoms with Gasteiger partial charge in [-0.15, -0.1) is 0 Å². The van der Waals surface area contributed by atoms with Crippen molar-refractivity contribution in [2.24, 2.45) is 17.6 Å². The van der Waals surface area contributed by atoms with Gasteiger partial charge in [-0.1, -0.05) is 26.7 Å². The molecule has 1 aliphatic carbocycles. The van der Waals surface area contributed by atoms with Gasteiger partial charge in [0.15, 0.2) is 0 Å². The Bertz CT molecular complexity index is 149. The summed E-state index contributed by atoms with van der Waals surface area (Å²) in [6, 6.07) is 0. The van der Waals surface area contributed by atoms with E-state index in [1.807, 2.05) is 0 Å². The molecule has 0 bridgehead atoms. The molecule has 1 aliphatic rings. The first kappa shape index (κ1) is 12.4. The average Bonchev–Trinajstić information content (AvgIpc) is 2.19. The maximum Gasteiger partial charge on any atom is 0.00898 e. The van der Waals surface area contributed by atoms with Crippen LogP contribution in [0, 0.1) is 11.8 Å². The van der Waals surface area contributed by atoms with Crippen LogP contribution in [-0.4, -0.2) is 17.5 Å². The van der Waals surface area contributed by atoms with Gasteiger partial charge in [0.2, 0.25) is 0 Å². The molecule has 1 fully saturated rings. The molecule has 2 heteroatoms. The molecule has 0 aromatic heterocycles. The minimum atomic E-state index is 0.799. The lowest BCUT2D eigenvalue weighted by Gasteiger charge is -2.33. The molecule has 0 radical (unpaired) electrons. The van der Waals surface area contributed by atoms with E-state index in [0.29, 0.717) is 0 Å². The zero-order valence-electron chi connectivity index (χ0n) is 9.67. The molecule has 1 nitrogen and oxygen atoms in total. The number of thioether (sulfide) groups is 1. The molecule has 0 aliphatic heterocycles. The highest BCUT2D eigenvalue weighted by atomic mass is 32.2. The highest BCUT2D eigenvalue weighted by Gasteiger charge is 2.27. The van der Waals surface area contributed by atoms with E-state index in [2.05, 4.69) is 25.6 Å². The Kier molecular flexibility index (Phi) is 5.95. The van der Waals surface area contributed by atoms with E-state index >= 15 is 0 Å². The molecule has 0 amide bonds. The fourth-order valence-electron chi connectivity index (χ4n) is 2.24. The Hall–Kier alpha value is 0.310. The number of rotatable bonds is 5. The second-order valence-corrected chi connectivity index (χ2v) is 6.02. The molecule has 0 aromatic carbocycles. The molecule has 2 N–H and O–H groups in total. The first-order valence-corrected chi connectivity index (χ1v) is 7.14. The normalized spacial score (nSPS) is 33.2. The van der Waals surface area contributed by atoms with Crippen LogP contribution in [0.5, 0.6) is 0 Å². The summed E-state index contributed by atoms with van der Waals surface area (Å²) in [6.07, 6.45) is 6.85. The van der Waals surface area contributed by atoms with Gasteiger partial charge in [-0.2, -0.15) is 11.8 Å². The van der Waals surface area contributed by atoms with E-state index in [1.54, 1.807) is 0 Å². The number of nitrogens with two attached hydrogens (primary N) is 1. The summed E-state index contributed by atoms with van der Waals surface area (Å²) in [6.45, 7) is 5.56. The quantitative estimate of drug-likeness (QED) is 0.712. The molecule has 1 rings (SSSR count). The third-order valence-electron chi connectivity index (χ3n) is 3.32. The van der Waals surface area contributed by atoms with Crippen LogP contribution in [0.4, 0.5) is 0 Å². The highest BCUT2D eigenvalue weighted by Crippen LogP contribution is 2.36. The number of hydrogen-bond donors (Lipinski definition) is 1. The van der Waals surface area contributed by atoms with E-state index in [4.69, 9.17) is 5.73 Å². The van der Waals surface area contributed by atoms with Crippen LogP contribution in [0.25, 0.3) is 0 Å². The predicted octanol–water partition coefficient (Wildman–Crippen LogP) is 3.28. The molecule has 0 aromatic rings. The summed E-state index contributed by atoms with van der Waals surface area (Å²) in [5.74, 6) is 3.06. The predicted molar refractivity (Wildman–Crippen MR) is 66.7 cm³/mol. The van der Waals surface area contributed by atoms with Crippen LogP contribution >= 0.6 is 11.8 Å². The van der Waals surface area contributed by atoms with Crippen LogP contribution in [0.15, 0.2) is 0 Å². The van der Waals surface area contributed by atoms with Crippen molar-refractivity contribution in [2.45, 2.75) is 51.2 Å². The molecule has 3 atom stereocenters. The Morgan fingerprint density at radius 2 is 2.14 bits per heavy atom. The van der Waals surface area contributed by atoms with Crippen LogP contribution < -0.4 is 5.73 Å². The van der Waals surface area contributed by atoms with Crippen LogP contribution in [0.2, 0.25) is 0 Å². The standard InChI is InChI=1S/C12H25NS/c1-3-4-7-14-12-8-10(2)5-6-11(12)9-13/h10-12H,3-9,13H2,1-2H3. The Balaban J connectivity index is 2.29. The van der Waals surface area contributed by atoms with Gasteiger partial charge >= 0.3 is 0 Å². The largest absolute Gasteiger partial charge is 0.330 e. The zero-order chi connectivity index (χ0) is 10.4. The van der Waals surface area contributed by atoms with Crippen molar-refractivity contribution in [1.82, 2.24) is 0 Å². The SMILES string of the molecule is CCCCSC1CC(C)CCC1CN. The Labute approximate surface area is 93.2 Å². The molecule has 1 saturated carbocycles. The summed E-state index contributed by atoms with van der Waals surface area (Å²) < 4.78 is 0. The van der Waals surface area contributed by atoms with E-state index in [1.165, 1.54) is 37.9 Å². The van der Waals surface area contributed by atoms with Gasteiger partial charge in [0, 0.05) is 5.25 Å². The topological polar surface area (TPSA) is 26.0 Å². The van der Waals surface area contributed by atoms with Gasteiger partial charge in [0.25, 0.3) is 0 Å². The maximum absolute atomic E-state index is 5.83. The number of hydrogen-bond acceptors (Lipinski definition) is 2. The molecule has 0 heterocycles. The summed E-state index contributed by atoms with van der Waals surface area (Å²) in [7, 11) is 0.